The number of carboxylic acid groups (broad SMARTS) is 1. The second-order valence-electron chi connectivity index (χ2n) is 4.11. The van der Waals surface area contributed by atoms with Gasteiger partial charge >= 0.3 is 13.6 Å². The molecule has 1 aromatic carbocycles. The number of ether oxygens (including phenoxy) is 1. The second kappa shape index (κ2) is 8.33. The minimum atomic E-state index is -3.92. The third-order valence-corrected chi connectivity index (χ3v) is 4.76. The van der Waals surface area contributed by atoms with Crippen LogP contribution in [0.5, 0.6) is 0 Å². The van der Waals surface area contributed by atoms with Crippen LogP contribution >= 0.6 is 7.60 Å². The molecule has 0 heterocycles. The Morgan fingerprint density at radius 1 is 1.23 bits per heavy atom. The van der Waals surface area contributed by atoms with Crippen LogP contribution in [-0.4, -0.2) is 30.9 Å². The van der Waals surface area contributed by atoms with Gasteiger partial charge in [0.1, 0.15) is 6.61 Å². The largest absolute Gasteiger partial charge is 0.480 e. The molecular weight excluding hydrogens is 321 g/mol. The standard InChI is InChI=1S/C13H17F2O6P/c1-3-20-22(18,21-4-2)13(19-8-12(16)17)9-5-6-10(14)11(15)7-9/h5-7,13H,3-4,8H2,1-2H3,(H,16,17). The normalized spacial score (nSPS) is 13.1. The van der Waals surface area contributed by atoms with Crippen molar-refractivity contribution >= 4 is 13.6 Å². The number of benzene rings is 1. The number of carboxylic acids is 1. The van der Waals surface area contributed by atoms with Gasteiger partial charge in [0, 0.05) is 0 Å². The molecular formula is C13H17F2O6P. The van der Waals surface area contributed by atoms with Crippen molar-refractivity contribution in [2.45, 2.75) is 19.7 Å². The Hall–Kier alpha value is -1.34. The lowest BCUT2D eigenvalue weighted by Crippen LogP contribution is -2.15. The van der Waals surface area contributed by atoms with E-state index in [4.69, 9.17) is 18.9 Å². The number of halogens is 2. The summed E-state index contributed by atoms with van der Waals surface area (Å²) in [5, 5.41) is 8.70. The average Bonchev–Trinajstić information content (AvgIpc) is 2.43. The smallest absolute Gasteiger partial charge is 0.363 e. The van der Waals surface area contributed by atoms with E-state index in [1.165, 1.54) is 0 Å². The van der Waals surface area contributed by atoms with Crippen LogP contribution in [0.25, 0.3) is 0 Å². The maximum Gasteiger partial charge on any atom is 0.363 e. The van der Waals surface area contributed by atoms with Crippen LogP contribution in [0.1, 0.15) is 25.3 Å². The second-order valence-corrected chi connectivity index (χ2v) is 6.17. The van der Waals surface area contributed by atoms with E-state index in [1.54, 1.807) is 13.8 Å². The zero-order chi connectivity index (χ0) is 16.8. The van der Waals surface area contributed by atoms with E-state index in [1.807, 2.05) is 0 Å². The Morgan fingerprint density at radius 2 is 1.82 bits per heavy atom. The van der Waals surface area contributed by atoms with Crippen molar-refractivity contribution in [2.24, 2.45) is 0 Å². The lowest BCUT2D eigenvalue weighted by molar-refractivity contribution is -0.143. The molecule has 0 saturated carbocycles. The fraction of sp³-hybridized carbons (Fsp3) is 0.462. The third kappa shape index (κ3) is 4.84. The minimum Gasteiger partial charge on any atom is -0.480 e. The molecule has 1 unspecified atom stereocenters. The summed E-state index contributed by atoms with van der Waals surface area (Å²) in [4.78, 5) is 10.7. The lowest BCUT2D eigenvalue weighted by atomic mass is 10.2. The van der Waals surface area contributed by atoms with Gasteiger partial charge in [-0.15, -0.1) is 0 Å². The van der Waals surface area contributed by atoms with Crippen LogP contribution in [0.15, 0.2) is 18.2 Å². The molecule has 0 bridgehead atoms. The van der Waals surface area contributed by atoms with E-state index >= 15 is 0 Å². The van der Waals surface area contributed by atoms with Gasteiger partial charge in [-0.3, -0.25) is 4.57 Å². The predicted octanol–water partition coefficient (Wildman–Crippen LogP) is 3.33. The summed E-state index contributed by atoms with van der Waals surface area (Å²) >= 11 is 0. The highest BCUT2D eigenvalue weighted by atomic mass is 31.2. The van der Waals surface area contributed by atoms with Gasteiger partial charge in [-0.2, -0.15) is 0 Å². The zero-order valence-electron chi connectivity index (χ0n) is 12.1. The quantitative estimate of drug-likeness (QED) is 0.696. The zero-order valence-corrected chi connectivity index (χ0v) is 13.0. The van der Waals surface area contributed by atoms with Crippen LogP contribution in [0, 0.1) is 11.6 Å². The van der Waals surface area contributed by atoms with Gasteiger partial charge in [0.05, 0.1) is 13.2 Å². The molecule has 22 heavy (non-hydrogen) atoms. The van der Waals surface area contributed by atoms with E-state index in [-0.39, 0.29) is 18.8 Å². The summed E-state index contributed by atoms with van der Waals surface area (Å²) in [7, 11) is -3.92. The Labute approximate surface area is 126 Å². The molecule has 0 saturated heterocycles. The van der Waals surface area contributed by atoms with Gasteiger partial charge in [-0.25, -0.2) is 13.6 Å². The first-order valence-electron chi connectivity index (χ1n) is 6.51. The molecule has 1 rings (SSSR count). The first kappa shape index (κ1) is 18.7. The van der Waals surface area contributed by atoms with Gasteiger partial charge in [-0.1, -0.05) is 6.07 Å². The van der Waals surface area contributed by atoms with Crippen LogP contribution in [0.3, 0.4) is 0 Å². The molecule has 6 nitrogen and oxygen atoms in total. The summed E-state index contributed by atoms with van der Waals surface area (Å²) < 4.78 is 54.4. The summed E-state index contributed by atoms with van der Waals surface area (Å²) in [6, 6.07) is 2.73. The lowest BCUT2D eigenvalue weighted by Gasteiger charge is -2.26. The highest BCUT2D eigenvalue weighted by molar-refractivity contribution is 7.54. The Bertz CT molecular complexity index is 555. The van der Waals surface area contributed by atoms with Crippen LogP contribution in [0.2, 0.25) is 0 Å². The van der Waals surface area contributed by atoms with Crippen molar-refractivity contribution in [1.29, 1.82) is 0 Å². The van der Waals surface area contributed by atoms with E-state index in [9.17, 15) is 18.1 Å². The molecule has 0 fully saturated rings. The molecule has 0 radical (unpaired) electrons. The van der Waals surface area contributed by atoms with E-state index in [0.29, 0.717) is 0 Å². The fourth-order valence-electron chi connectivity index (χ4n) is 1.72. The molecule has 0 spiro atoms. The van der Waals surface area contributed by atoms with E-state index in [0.717, 1.165) is 18.2 Å². The number of hydrogen-bond acceptors (Lipinski definition) is 5. The van der Waals surface area contributed by atoms with Crippen molar-refractivity contribution in [1.82, 2.24) is 0 Å². The summed E-state index contributed by atoms with van der Waals surface area (Å²) in [6.45, 7) is 2.34. The SMILES string of the molecule is CCOP(=O)(OCC)C(OCC(=O)O)c1ccc(F)c(F)c1. The van der Waals surface area contributed by atoms with Gasteiger partial charge in [0.15, 0.2) is 17.5 Å². The van der Waals surface area contributed by atoms with Gasteiger partial charge < -0.3 is 18.9 Å². The van der Waals surface area contributed by atoms with Crippen LogP contribution < -0.4 is 0 Å². The molecule has 0 aliphatic carbocycles. The van der Waals surface area contributed by atoms with Crippen molar-refractivity contribution in [2.75, 3.05) is 19.8 Å². The maximum absolute atomic E-state index is 13.4. The molecule has 0 aliphatic rings. The van der Waals surface area contributed by atoms with E-state index < -0.39 is 37.7 Å². The number of carbonyl (C=O) groups is 1. The Balaban J connectivity index is 3.22. The summed E-state index contributed by atoms with van der Waals surface area (Å²) in [5.41, 5.74) is -0.0367. The first-order valence-corrected chi connectivity index (χ1v) is 8.12. The van der Waals surface area contributed by atoms with Gasteiger partial charge in [0.2, 0.25) is 0 Å². The highest BCUT2D eigenvalue weighted by Gasteiger charge is 2.38. The Morgan fingerprint density at radius 3 is 2.27 bits per heavy atom. The van der Waals surface area contributed by atoms with Gasteiger partial charge in [0.25, 0.3) is 0 Å². The van der Waals surface area contributed by atoms with Gasteiger partial charge in [-0.05, 0) is 31.5 Å². The molecule has 1 aromatic rings. The molecule has 124 valence electrons. The number of aliphatic carboxylic acids is 1. The molecule has 1 atom stereocenters. The van der Waals surface area contributed by atoms with Crippen LogP contribution in [0.4, 0.5) is 8.78 Å². The number of rotatable bonds is 9. The molecule has 9 heteroatoms. The first-order chi connectivity index (χ1) is 10.3. The fourth-order valence-corrected chi connectivity index (χ4v) is 3.57. The van der Waals surface area contributed by atoms with Crippen LogP contribution in [-0.2, 0) is 23.1 Å². The topological polar surface area (TPSA) is 82.1 Å². The average molecular weight is 338 g/mol. The summed E-state index contributed by atoms with van der Waals surface area (Å²) in [6.07, 6.45) is 0. The number of hydrogen-bond donors (Lipinski definition) is 1. The highest BCUT2D eigenvalue weighted by Crippen LogP contribution is 2.61. The molecule has 0 amide bonds. The summed E-state index contributed by atoms with van der Waals surface area (Å²) in [5.74, 6) is -5.06. The minimum absolute atomic E-state index is 0.00782. The molecule has 1 N–H and O–H groups in total. The van der Waals surface area contributed by atoms with E-state index in [2.05, 4.69) is 0 Å². The predicted molar refractivity (Wildman–Crippen MR) is 73.5 cm³/mol. The van der Waals surface area contributed by atoms with Crippen molar-refractivity contribution in [3.63, 3.8) is 0 Å². The molecule has 0 aliphatic heterocycles. The Kier molecular flexibility index (Phi) is 7.09. The third-order valence-electron chi connectivity index (χ3n) is 2.50. The maximum atomic E-state index is 13.4. The molecule has 0 aromatic heterocycles. The van der Waals surface area contributed by atoms with Crippen molar-refractivity contribution in [3.05, 3.63) is 35.4 Å². The van der Waals surface area contributed by atoms with Crippen molar-refractivity contribution in [3.8, 4) is 0 Å². The monoisotopic (exact) mass is 338 g/mol. The van der Waals surface area contributed by atoms with Crippen molar-refractivity contribution < 1.29 is 37.0 Å².